The van der Waals surface area contributed by atoms with Gasteiger partial charge in [0, 0.05) is 53.5 Å². The summed E-state index contributed by atoms with van der Waals surface area (Å²) in [5.74, 6) is -4.80. The van der Waals surface area contributed by atoms with E-state index in [1.54, 1.807) is 4.57 Å². The number of oxime groups is 1. The average molecular weight is 784 g/mol. The van der Waals surface area contributed by atoms with Gasteiger partial charge >= 0.3 is 11.9 Å². The molecule has 4 saturated heterocycles. The molecule has 18 nitrogen and oxygen atoms in total. The van der Waals surface area contributed by atoms with Crippen molar-refractivity contribution in [1.82, 2.24) is 24.8 Å². The minimum atomic E-state index is -1.79. The molecule has 7 heterocycles. The van der Waals surface area contributed by atoms with Crippen molar-refractivity contribution in [3.63, 3.8) is 0 Å². The Balaban J connectivity index is 1.06. The summed E-state index contributed by atoms with van der Waals surface area (Å²) < 4.78 is 2.21. The lowest BCUT2D eigenvalue weighted by Gasteiger charge is -2.56. The van der Waals surface area contributed by atoms with Crippen molar-refractivity contribution in [3.8, 4) is 11.5 Å². The number of aromatic nitrogens is 3. The van der Waals surface area contributed by atoms with E-state index in [4.69, 9.17) is 10.6 Å². The summed E-state index contributed by atoms with van der Waals surface area (Å²) in [6, 6.07) is 1.38. The fourth-order valence-electron chi connectivity index (χ4n) is 7.69. The lowest BCUT2D eigenvalue weighted by atomic mass is 9.70. The zero-order valence-corrected chi connectivity index (χ0v) is 31.1. The van der Waals surface area contributed by atoms with E-state index in [-0.39, 0.29) is 49.4 Å². The van der Waals surface area contributed by atoms with E-state index < -0.39 is 52.2 Å². The highest BCUT2D eigenvalue weighted by atomic mass is 32.2. The number of anilines is 1. The third kappa shape index (κ3) is 6.40. The van der Waals surface area contributed by atoms with Gasteiger partial charge in [-0.1, -0.05) is 5.16 Å². The first kappa shape index (κ1) is 37.1. The van der Waals surface area contributed by atoms with Crippen molar-refractivity contribution in [2.75, 3.05) is 31.9 Å². The molecule has 1 aromatic carbocycles. The summed E-state index contributed by atoms with van der Waals surface area (Å²) in [7, 11) is 0. The first-order valence-corrected chi connectivity index (χ1v) is 19.0. The molecule has 54 heavy (non-hydrogen) atoms. The van der Waals surface area contributed by atoms with Crippen molar-refractivity contribution in [3.05, 3.63) is 51.2 Å². The number of β-lactam (4-membered cyclic amide) rings is 1. The summed E-state index contributed by atoms with van der Waals surface area (Å²) in [4.78, 5) is 79.7. The molecule has 2 aromatic heterocycles. The highest BCUT2D eigenvalue weighted by molar-refractivity contribution is 8.00. The molecular weight excluding hydrogens is 745 g/mol. The number of hydrogen-bond donors (Lipinski definition) is 6. The second-order valence-electron chi connectivity index (χ2n) is 14.9. The molecule has 8 rings (SSSR count). The molecule has 5 aliphatic heterocycles. The summed E-state index contributed by atoms with van der Waals surface area (Å²) in [6.07, 6.45) is 3.84. The van der Waals surface area contributed by atoms with Crippen molar-refractivity contribution in [2.24, 2.45) is 10.6 Å². The number of nitrogens with zero attached hydrogens (tertiary/aromatic N) is 6. The number of amides is 2. The number of hydrogen-bond acceptors (Lipinski definition) is 14. The highest BCUT2D eigenvalue weighted by Crippen LogP contribution is 2.49. The van der Waals surface area contributed by atoms with E-state index in [1.807, 2.05) is 6.92 Å². The van der Waals surface area contributed by atoms with Crippen LogP contribution in [0.2, 0.25) is 0 Å². The molecule has 3 atom stereocenters. The quantitative estimate of drug-likeness (QED) is 0.0526. The second kappa shape index (κ2) is 13.3. The Morgan fingerprint density at radius 1 is 1.13 bits per heavy atom. The van der Waals surface area contributed by atoms with Gasteiger partial charge in [0.2, 0.25) is 5.60 Å². The van der Waals surface area contributed by atoms with Gasteiger partial charge < -0.3 is 40.8 Å². The maximum absolute atomic E-state index is 13.6. The molecule has 2 bridgehead atoms. The highest BCUT2D eigenvalue weighted by Gasteiger charge is 2.58. The Labute approximate surface area is 315 Å². The van der Waals surface area contributed by atoms with Gasteiger partial charge in [0.1, 0.15) is 29.4 Å². The van der Waals surface area contributed by atoms with Crippen LogP contribution in [-0.4, -0.2) is 122 Å². The molecular formula is C34H39N8O10S2+. The fraction of sp³-hybridized carbons (Fsp3) is 0.471. The average Bonchev–Trinajstić information content (AvgIpc) is 3.56. The van der Waals surface area contributed by atoms with Crippen molar-refractivity contribution in [1.29, 1.82) is 0 Å². The van der Waals surface area contributed by atoms with Gasteiger partial charge in [-0.2, -0.15) is 0 Å². The lowest BCUT2D eigenvalue weighted by molar-refractivity contribution is -0.941. The monoisotopic (exact) mass is 783 g/mol. The minimum absolute atomic E-state index is 0.0151. The number of quaternary nitrogens is 1. The van der Waals surface area contributed by atoms with E-state index >= 15 is 0 Å². The number of nitrogens with two attached hydrogens (primary N) is 1. The predicted molar refractivity (Wildman–Crippen MR) is 195 cm³/mol. The zero-order valence-electron chi connectivity index (χ0n) is 29.5. The smallest absolute Gasteiger partial charge is 0.352 e. The number of aliphatic carboxylic acids is 2. The van der Waals surface area contributed by atoms with Gasteiger partial charge in [0.05, 0.1) is 36.9 Å². The van der Waals surface area contributed by atoms with Crippen LogP contribution < -0.4 is 16.6 Å². The number of piperidine rings is 3. The molecule has 0 aliphatic carbocycles. The number of thioether (sulfide) groups is 1. The molecule has 5 aliphatic rings. The van der Waals surface area contributed by atoms with Gasteiger partial charge in [-0.3, -0.25) is 23.9 Å². The van der Waals surface area contributed by atoms with Gasteiger partial charge in [-0.05, 0) is 26.8 Å². The topological polar surface area (TPSA) is 260 Å². The van der Waals surface area contributed by atoms with Crippen molar-refractivity contribution in [2.45, 2.75) is 68.8 Å². The number of nitrogen functional groups attached to an aromatic ring is 1. The first-order chi connectivity index (χ1) is 25.4. The Bertz CT molecular complexity index is 2210. The van der Waals surface area contributed by atoms with Crippen LogP contribution in [0.3, 0.4) is 0 Å². The van der Waals surface area contributed by atoms with Crippen molar-refractivity contribution >= 4 is 68.6 Å². The maximum Gasteiger partial charge on any atom is 0.352 e. The minimum Gasteiger partial charge on any atom is -0.504 e. The summed E-state index contributed by atoms with van der Waals surface area (Å²) in [5, 5.41) is 46.8. The molecule has 0 unspecified atom stereocenters. The van der Waals surface area contributed by atoms with E-state index in [0.29, 0.717) is 23.1 Å². The van der Waals surface area contributed by atoms with Crippen LogP contribution in [-0.2, 0) is 30.6 Å². The number of thiazole rings is 1. The lowest BCUT2D eigenvalue weighted by Crippen LogP contribution is -2.72. The molecule has 0 saturated carbocycles. The number of carboxylic acid groups (broad SMARTS) is 2. The molecule has 0 spiro atoms. The van der Waals surface area contributed by atoms with Crippen LogP contribution in [0, 0.1) is 5.41 Å². The standard InChI is InChI=1S/C34H38N8O10S2/c1-16-18(12-42-7-4-34(5-8-42,6-9-42)14-40-15-36-19-11-22(44)21(43)10-17(19)27(40)46)25(30(48)49)41-28(47)24(29(41)54-16)38-26(45)23(20-13-53-32(35)37-20)39-52-33(2,3)31(50)51/h10-11,13,15-16,24,29H,4-9,12,14H2,1-3H3,(H6-,35,37,38,39,43,44,45,46,48,49,50,51)/p+1/t16-,24+,29+,34?,42?/m0/s1. The second-order valence-corrected chi connectivity index (χ2v) is 17.2. The normalized spacial score (nSPS) is 26.7. The Morgan fingerprint density at radius 3 is 2.41 bits per heavy atom. The number of phenols is 2. The number of nitrogens with one attached hydrogen (secondary N) is 1. The SMILES string of the molecule is C[C@@H]1S[C@@H]2[C@H](NC(=O)/C(=N\OC(C)(C)C(=O)O)c3csc(N)n3)C(=O)N2C(C(=O)O)=C1C[N+]12CCC(Cn3cnc4cc(O)c(O)cc4c3=O)(CC1)CC2. The molecule has 4 fully saturated rings. The van der Waals surface area contributed by atoms with Crippen molar-refractivity contribution < 1.29 is 48.9 Å². The van der Waals surface area contributed by atoms with Crippen LogP contribution in [0.1, 0.15) is 45.7 Å². The maximum atomic E-state index is 13.6. The zero-order chi connectivity index (χ0) is 38.9. The molecule has 20 heteroatoms. The van der Waals surface area contributed by atoms with Gasteiger partial charge in [0.15, 0.2) is 22.3 Å². The summed E-state index contributed by atoms with van der Waals surface area (Å²) >= 11 is 2.39. The van der Waals surface area contributed by atoms with Crippen LogP contribution in [0.25, 0.3) is 10.9 Å². The number of carboxylic acids is 2. The van der Waals surface area contributed by atoms with E-state index in [9.17, 15) is 44.4 Å². The van der Waals surface area contributed by atoms with Gasteiger partial charge in [0.25, 0.3) is 17.4 Å². The number of carbonyl (C=O) groups is 4. The molecule has 7 N–H and O–H groups in total. The Kier molecular flexibility index (Phi) is 9.12. The number of aromatic hydroxyl groups is 2. The number of rotatable bonds is 11. The number of phenolic OH excluding ortho intramolecular Hbond substituents is 2. The first-order valence-electron chi connectivity index (χ1n) is 17.2. The molecule has 286 valence electrons. The van der Waals surface area contributed by atoms with E-state index in [0.717, 1.165) is 50.2 Å². The number of carbonyl (C=O) groups excluding carboxylic acids is 2. The van der Waals surface area contributed by atoms with Crippen LogP contribution >= 0.6 is 23.1 Å². The van der Waals surface area contributed by atoms with Gasteiger partial charge in [-0.15, -0.1) is 23.1 Å². The third-order valence-corrected chi connectivity index (χ3v) is 13.2. The third-order valence-electron chi connectivity index (χ3n) is 11.1. The van der Waals surface area contributed by atoms with E-state index in [2.05, 4.69) is 20.4 Å². The van der Waals surface area contributed by atoms with Crippen LogP contribution in [0.15, 0.2) is 45.1 Å². The fourth-order valence-corrected chi connectivity index (χ4v) is 9.68. The number of fused-ring (bicyclic) bond motifs is 5. The largest absolute Gasteiger partial charge is 0.504 e. The summed E-state index contributed by atoms with van der Waals surface area (Å²) in [6.45, 7) is 7.50. The number of benzene rings is 1. The Hall–Kier alpha value is -5.21. The van der Waals surface area contributed by atoms with Crippen LogP contribution in [0.5, 0.6) is 11.5 Å². The molecule has 2 amide bonds. The molecule has 0 radical (unpaired) electrons. The Morgan fingerprint density at radius 2 is 1.80 bits per heavy atom. The molecule has 3 aromatic rings. The van der Waals surface area contributed by atoms with Gasteiger partial charge in [-0.25, -0.2) is 19.6 Å². The van der Waals surface area contributed by atoms with Crippen LogP contribution in [0.4, 0.5) is 5.13 Å². The predicted octanol–water partition coefficient (Wildman–Crippen LogP) is 1.26. The summed E-state index contributed by atoms with van der Waals surface area (Å²) in [5.41, 5.74) is 3.95. The van der Waals surface area contributed by atoms with E-state index in [1.165, 1.54) is 54.3 Å².